The van der Waals surface area contributed by atoms with Crippen LogP contribution in [0.3, 0.4) is 0 Å². The van der Waals surface area contributed by atoms with Gasteiger partial charge < -0.3 is 9.26 Å². The molecule has 0 bridgehead atoms. The van der Waals surface area contributed by atoms with E-state index in [4.69, 9.17) is 9.26 Å². The fourth-order valence-corrected chi connectivity index (χ4v) is 7.86. The zero-order chi connectivity index (χ0) is 19.4. The molecule has 0 aromatic heterocycles. The summed E-state index contributed by atoms with van der Waals surface area (Å²) in [4.78, 5) is 4.77. The SMILES string of the molecule is CCC[Si](CCC)(CCC)OCCc1cc(F)c(C=NOCC)c(F)c1. The van der Waals surface area contributed by atoms with Gasteiger partial charge in [0.25, 0.3) is 0 Å². The first kappa shape index (κ1) is 22.8. The summed E-state index contributed by atoms with van der Waals surface area (Å²) in [5.74, 6) is -1.25. The smallest absolute Gasteiger partial charge is 0.192 e. The maximum Gasteiger partial charge on any atom is 0.192 e. The molecule has 0 heterocycles. The molecule has 0 fully saturated rings. The van der Waals surface area contributed by atoms with Crippen molar-refractivity contribution >= 4 is 14.5 Å². The first-order valence-corrected chi connectivity index (χ1v) is 12.3. The van der Waals surface area contributed by atoms with Gasteiger partial charge >= 0.3 is 0 Å². The Kier molecular flexibility index (Phi) is 10.7. The van der Waals surface area contributed by atoms with Crippen LogP contribution >= 0.6 is 0 Å². The highest BCUT2D eigenvalue weighted by Crippen LogP contribution is 2.27. The minimum absolute atomic E-state index is 0.171. The van der Waals surface area contributed by atoms with E-state index in [0.717, 1.165) is 43.6 Å². The van der Waals surface area contributed by atoms with Gasteiger partial charge in [0.1, 0.15) is 18.2 Å². The number of nitrogens with zero attached hydrogens (tertiary/aromatic N) is 1. The Morgan fingerprint density at radius 3 is 1.96 bits per heavy atom. The third-order valence-corrected chi connectivity index (χ3v) is 9.49. The summed E-state index contributed by atoms with van der Waals surface area (Å²) >= 11 is 0. The summed E-state index contributed by atoms with van der Waals surface area (Å²) in [6, 6.07) is 6.20. The molecule has 6 heteroatoms. The van der Waals surface area contributed by atoms with Crippen molar-refractivity contribution in [3.63, 3.8) is 0 Å². The van der Waals surface area contributed by atoms with Crippen LogP contribution in [0.1, 0.15) is 58.1 Å². The van der Waals surface area contributed by atoms with E-state index in [1.54, 1.807) is 6.92 Å². The molecule has 0 aliphatic carbocycles. The van der Waals surface area contributed by atoms with Crippen LogP contribution in [-0.4, -0.2) is 27.7 Å². The van der Waals surface area contributed by atoms with Gasteiger partial charge in [-0.2, -0.15) is 0 Å². The molecule has 0 amide bonds. The number of oxime groups is 1. The van der Waals surface area contributed by atoms with Crippen LogP contribution in [0.2, 0.25) is 18.1 Å². The second-order valence-corrected chi connectivity index (χ2v) is 10.8. The van der Waals surface area contributed by atoms with Gasteiger partial charge in [0.05, 0.1) is 11.8 Å². The molecule has 148 valence electrons. The molecular formula is C20H33F2NO2Si. The largest absolute Gasteiger partial charge is 0.416 e. The molecular weight excluding hydrogens is 352 g/mol. The van der Waals surface area contributed by atoms with E-state index >= 15 is 0 Å². The fraction of sp³-hybridized carbons (Fsp3) is 0.650. The topological polar surface area (TPSA) is 30.8 Å². The van der Waals surface area contributed by atoms with Crippen molar-refractivity contribution in [2.75, 3.05) is 13.2 Å². The van der Waals surface area contributed by atoms with Gasteiger partial charge in [-0.1, -0.05) is 45.2 Å². The second-order valence-electron chi connectivity index (χ2n) is 6.66. The molecule has 1 aromatic carbocycles. The maximum atomic E-state index is 14.1. The lowest BCUT2D eigenvalue weighted by Gasteiger charge is -2.31. The molecule has 0 spiro atoms. The Morgan fingerprint density at radius 1 is 0.962 bits per heavy atom. The Balaban J connectivity index is 2.76. The molecule has 3 nitrogen and oxygen atoms in total. The van der Waals surface area contributed by atoms with Crippen LogP contribution in [-0.2, 0) is 15.7 Å². The summed E-state index contributed by atoms with van der Waals surface area (Å²) in [6.07, 6.45) is 4.98. The van der Waals surface area contributed by atoms with E-state index in [2.05, 4.69) is 25.9 Å². The number of halogens is 2. The zero-order valence-electron chi connectivity index (χ0n) is 16.6. The van der Waals surface area contributed by atoms with E-state index < -0.39 is 20.0 Å². The van der Waals surface area contributed by atoms with Crippen molar-refractivity contribution in [2.24, 2.45) is 5.16 Å². The van der Waals surface area contributed by atoms with Gasteiger partial charge in [0, 0.05) is 6.61 Å². The molecule has 0 N–H and O–H groups in total. The van der Waals surface area contributed by atoms with Crippen molar-refractivity contribution in [2.45, 2.75) is 71.5 Å². The van der Waals surface area contributed by atoms with Crippen LogP contribution in [0, 0.1) is 11.6 Å². The predicted octanol–water partition coefficient (Wildman–Crippen LogP) is 6.07. The normalized spacial score (nSPS) is 12.1. The maximum absolute atomic E-state index is 14.1. The zero-order valence-corrected chi connectivity index (χ0v) is 17.6. The minimum Gasteiger partial charge on any atom is -0.416 e. The molecule has 26 heavy (non-hydrogen) atoms. The van der Waals surface area contributed by atoms with Gasteiger partial charge in [0.15, 0.2) is 8.32 Å². The van der Waals surface area contributed by atoms with Gasteiger partial charge in [-0.3, -0.25) is 0 Å². The predicted molar refractivity (Wildman–Crippen MR) is 106 cm³/mol. The highest BCUT2D eigenvalue weighted by molar-refractivity contribution is 6.73. The molecule has 1 aromatic rings. The minimum atomic E-state index is -1.73. The Hall–Kier alpha value is -1.27. The van der Waals surface area contributed by atoms with E-state index in [1.807, 2.05) is 0 Å². The summed E-state index contributed by atoms with van der Waals surface area (Å²) in [7, 11) is -1.73. The summed E-state index contributed by atoms with van der Waals surface area (Å²) in [6.45, 7) is 9.23. The van der Waals surface area contributed by atoms with Gasteiger partial charge in [-0.25, -0.2) is 8.78 Å². The van der Waals surface area contributed by atoms with Crippen LogP contribution in [0.5, 0.6) is 0 Å². The van der Waals surface area contributed by atoms with Crippen molar-refractivity contribution in [1.82, 2.24) is 0 Å². The van der Waals surface area contributed by atoms with Gasteiger partial charge in [-0.05, 0) is 49.2 Å². The highest BCUT2D eigenvalue weighted by atomic mass is 28.4. The van der Waals surface area contributed by atoms with Crippen LogP contribution in [0.15, 0.2) is 17.3 Å². The summed E-state index contributed by atoms with van der Waals surface area (Å²) < 4.78 is 34.7. The molecule has 0 saturated heterocycles. The lowest BCUT2D eigenvalue weighted by Crippen LogP contribution is -2.38. The van der Waals surface area contributed by atoms with E-state index in [-0.39, 0.29) is 5.56 Å². The Labute approximate surface area is 157 Å². The van der Waals surface area contributed by atoms with Gasteiger partial charge in [-0.15, -0.1) is 0 Å². The molecule has 0 atom stereocenters. The van der Waals surface area contributed by atoms with Crippen LogP contribution in [0.25, 0.3) is 0 Å². The highest BCUT2D eigenvalue weighted by Gasteiger charge is 2.31. The third-order valence-electron chi connectivity index (χ3n) is 4.44. The molecule has 0 radical (unpaired) electrons. The van der Waals surface area contributed by atoms with Crippen LogP contribution in [0.4, 0.5) is 8.78 Å². The van der Waals surface area contributed by atoms with Crippen molar-refractivity contribution < 1.29 is 18.0 Å². The molecule has 0 aliphatic heterocycles. The summed E-state index contributed by atoms with van der Waals surface area (Å²) in [5, 5.41) is 3.54. The average molecular weight is 386 g/mol. The van der Waals surface area contributed by atoms with Crippen LogP contribution < -0.4 is 0 Å². The van der Waals surface area contributed by atoms with E-state index in [9.17, 15) is 8.78 Å². The van der Waals surface area contributed by atoms with Gasteiger partial charge in [0.2, 0.25) is 0 Å². The quantitative estimate of drug-likeness (QED) is 0.234. The third kappa shape index (κ3) is 7.15. The van der Waals surface area contributed by atoms with Crippen molar-refractivity contribution in [3.05, 3.63) is 34.9 Å². The monoisotopic (exact) mass is 385 g/mol. The lowest BCUT2D eigenvalue weighted by molar-refractivity contribution is 0.160. The number of benzene rings is 1. The molecule has 1 rings (SSSR count). The lowest BCUT2D eigenvalue weighted by atomic mass is 10.1. The molecule has 0 aliphatic rings. The van der Waals surface area contributed by atoms with E-state index in [1.165, 1.54) is 12.1 Å². The Bertz CT molecular complexity index is 527. The summed E-state index contributed by atoms with van der Waals surface area (Å²) in [5.41, 5.74) is 0.441. The van der Waals surface area contributed by atoms with E-state index in [0.29, 0.717) is 25.2 Å². The first-order chi connectivity index (χ1) is 12.5. The molecule has 0 unspecified atom stereocenters. The number of rotatable bonds is 13. The number of hydrogen-bond donors (Lipinski definition) is 0. The second kappa shape index (κ2) is 12.2. The first-order valence-electron chi connectivity index (χ1n) is 9.79. The van der Waals surface area contributed by atoms with Crippen molar-refractivity contribution in [3.8, 4) is 0 Å². The van der Waals surface area contributed by atoms with Crippen molar-refractivity contribution in [1.29, 1.82) is 0 Å². The number of hydrogen-bond acceptors (Lipinski definition) is 3. The average Bonchev–Trinajstić information content (AvgIpc) is 2.58. The molecule has 0 saturated carbocycles. The standard InChI is InChI=1S/C20H33F2NO2Si/c1-5-11-26(12-6-2,13-7-3)25-10-9-17-14-19(21)18(20(22)15-17)16-23-24-8-4/h14-16H,5-13H2,1-4H3. The Morgan fingerprint density at radius 2 is 1.50 bits per heavy atom. The fourth-order valence-electron chi connectivity index (χ4n) is 3.41.